The molecule has 0 saturated heterocycles. The zero-order chi connectivity index (χ0) is 21.3. The van der Waals surface area contributed by atoms with Gasteiger partial charge in [-0.25, -0.2) is 13.2 Å². The Morgan fingerprint density at radius 1 is 1.10 bits per heavy atom. The van der Waals surface area contributed by atoms with E-state index in [9.17, 15) is 23.1 Å². The van der Waals surface area contributed by atoms with Crippen molar-refractivity contribution >= 4 is 39.0 Å². The standard InChI is InChI=1S/C20H23N3O5S/c1-12-10-18(21-15-5-7-16(8-6-15)22-29(3,27)28)17-11-14(20(25)26)4-9-19(17)23(12)13(2)24/h4-9,11-12,18,21-22H,10H2,1-3H3,(H,25,26). The lowest BCUT2D eigenvalue weighted by atomic mass is 9.90. The van der Waals surface area contributed by atoms with Crippen LogP contribution >= 0.6 is 0 Å². The first kappa shape index (κ1) is 20.7. The van der Waals surface area contributed by atoms with E-state index in [0.29, 0.717) is 17.8 Å². The van der Waals surface area contributed by atoms with E-state index in [1.54, 1.807) is 41.3 Å². The Balaban J connectivity index is 1.93. The topological polar surface area (TPSA) is 116 Å². The second-order valence-electron chi connectivity index (χ2n) is 7.20. The van der Waals surface area contributed by atoms with Crippen LogP contribution in [0.1, 0.15) is 42.2 Å². The fraction of sp³-hybridized carbons (Fsp3) is 0.300. The number of anilines is 3. The van der Waals surface area contributed by atoms with Gasteiger partial charge in [0.15, 0.2) is 0 Å². The van der Waals surface area contributed by atoms with Gasteiger partial charge in [0, 0.05) is 30.0 Å². The van der Waals surface area contributed by atoms with Crippen LogP contribution in [0.4, 0.5) is 17.1 Å². The molecule has 154 valence electrons. The smallest absolute Gasteiger partial charge is 0.335 e. The van der Waals surface area contributed by atoms with Crippen molar-refractivity contribution < 1.29 is 23.1 Å². The minimum atomic E-state index is -3.36. The number of nitrogens with zero attached hydrogens (tertiary/aromatic N) is 1. The van der Waals surface area contributed by atoms with Gasteiger partial charge < -0.3 is 15.3 Å². The zero-order valence-corrected chi connectivity index (χ0v) is 17.2. The van der Waals surface area contributed by atoms with Gasteiger partial charge in [-0.3, -0.25) is 9.52 Å². The number of aromatic carboxylic acids is 1. The lowest BCUT2D eigenvalue weighted by molar-refractivity contribution is -0.117. The summed E-state index contributed by atoms with van der Waals surface area (Å²) in [7, 11) is -3.36. The van der Waals surface area contributed by atoms with Crippen LogP contribution in [0.5, 0.6) is 0 Å². The summed E-state index contributed by atoms with van der Waals surface area (Å²) in [6, 6.07) is 11.3. The average molecular weight is 417 g/mol. The summed E-state index contributed by atoms with van der Waals surface area (Å²) < 4.78 is 25.1. The SMILES string of the molecule is CC(=O)N1c2ccc(C(=O)O)cc2C(Nc2ccc(NS(C)(=O)=O)cc2)CC1C. The molecule has 1 aliphatic rings. The van der Waals surface area contributed by atoms with Crippen molar-refractivity contribution in [1.29, 1.82) is 0 Å². The molecule has 2 aromatic carbocycles. The van der Waals surface area contributed by atoms with Crippen molar-refractivity contribution in [3.8, 4) is 0 Å². The minimum Gasteiger partial charge on any atom is -0.478 e. The van der Waals surface area contributed by atoms with Crippen LogP contribution in [0.2, 0.25) is 0 Å². The zero-order valence-electron chi connectivity index (χ0n) is 16.3. The molecule has 29 heavy (non-hydrogen) atoms. The van der Waals surface area contributed by atoms with Crippen molar-refractivity contribution in [2.45, 2.75) is 32.4 Å². The number of fused-ring (bicyclic) bond motifs is 1. The molecule has 3 N–H and O–H groups in total. The largest absolute Gasteiger partial charge is 0.478 e. The molecule has 0 aromatic heterocycles. The summed E-state index contributed by atoms with van der Waals surface area (Å²) in [6.45, 7) is 3.44. The van der Waals surface area contributed by atoms with E-state index >= 15 is 0 Å². The third-order valence-electron chi connectivity index (χ3n) is 4.80. The molecule has 3 rings (SSSR count). The first-order chi connectivity index (χ1) is 13.5. The number of carboxylic acids is 1. The fourth-order valence-corrected chi connectivity index (χ4v) is 4.23. The van der Waals surface area contributed by atoms with E-state index in [1.807, 2.05) is 6.92 Å². The van der Waals surface area contributed by atoms with Gasteiger partial charge in [0.05, 0.1) is 17.9 Å². The van der Waals surface area contributed by atoms with E-state index in [-0.39, 0.29) is 23.6 Å². The third-order valence-corrected chi connectivity index (χ3v) is 5.40. The van der Waals surface area contributed by atoms with Gasteiger partial charge in [-0.2, -0.15) is 0 Å². The number of amides is 1. The Morgan fingerprint density at radius 2 is 1.72 bits per heavy atom. The molecule has 0 saturated carbocycles. The lowest BCUT2D eigenvalue weighted by Gasteiger charge is -2.39. The second kappa shape index (κ2) is 7.75. The molecule has 0 radical (unpaired) electrons. The average Bonchev–Trinajstić information content (AvgIpc) is 2.61. The van der Waals surface area contributed by atoms with Crippen molar-refractivity contribution in [3.05, 3.63) is 53.6 Å². The second-order valence-corrected chi connectivity index (χ2v) is 8.95. The van der Waals surface area contributed by atoms with Gasteiger partial charge in [0.1, 0.15) is 0 Å². The summed E-state index contributed by atoms with van der Waals surface area (Å²) in [5.74, 6) is -1.13. The maximum Gasteiger partial charge on any atom is 0.335 e. The highest BCUT2D eigenvalue weighted by Gasteiger charge is 2.33. The lowest BCUT2D eigenvalue weighted by Crippen LogP contribution is -2.43. The fourth-order valence-electron chi connectivity index (χ4n) is 3.66. The van der Waals surface area contributed by atoms with Crippen molar-refractivity contribution in [2.24, 2.45) is 0 Å². The third kappa shape index (κ3) is 4.68. The van der Waals surface area contributed by atoms with Gasteiger partial charge >= 0.3 is 5.97 Å². The summed E-state index contributed by atoms with van der Waals surface area (Å²) in [5, 5.41) is 12.7. The summed E-state index contributed by atoms with van der Waals surface area (Å²) >= 11 is 0. The first-order valence-corrected chi connectivity index (χ1v) is 11.0. The molecule has 1 amide bonds. The van der Waals surface area contributed by atoms with Crippen LogP contribution in [0.3, 0.4) is 0 Å². The summed E-state index contributed by atoms with van der Waals surface area (Å²) in [6.07, 6.45) is 1.68. The van der Waals surface area contributed by atoms with Crippen LogP contribution in [0.25, 0.3) is 0 Å². The molecule has 8 nitrogen and oxygen atoms in total. The predicted molar refractivity (Wildman–Crippen MR) is 112 cm³/mol. The van der Waals surface area contributed by atoms with E-state index in [2.05, 4.69) is 10.0 Å². The van der Waals surface area contributed by atoms with E-state index < -0.39 is 16.0 Å². The van der Waals surface area contributed by atoms with Crippen LogP contribution in [-0.4, -0.2) is 37.7 Å². The number of hydrogen-bond acceptors (Lipinski definition) is 5. The molecule has 1 heterocycles. The molecular formula is C20H23N3O5S. The molecule has 0 bridgehead atoms. The van der Waals surface area contributed by atoms with Crippen molar-refractivity contribution in [3.63, 3.8) is 0 Å². The summed E-state index contributed by atoms with van der Waals surface area (Å²) in [4.78, 5) is 25.2. The highest BCUT2D eigenvalue weighted by atomic mass is 32.2. The van der Waals surface area contributed by atoms with Gasteiger partial charge in [-0.15, -0.1) is 0 Å². The Hall–Kier alpha value is -3.07. The molecule has 0 aliphatic carbocycles. The monoisotopic (exact) mass is 417 g/mol. The molecule has 1 aliphatic heterocycles. The van der Waals surface area contributed by atoms with Gasteiger partial charge in [-0.1, -0.05) is 0 Å². The highest BCUT2D eigenvalue weighted by molar-refractivity contribution is 7.92. The Labute approximate surface area is 169 Å². The Morgan fingerprint density at radius 3 is 2.28 bits per heavy atom. The number of carbonyl (C=O) groups is 2. The molecule has 9 heteroatoms. The molecule has 2 aromatic rings. The molecule has 2 atom stereocenters. The summed E-state index contributed by atoms with van der Waals surface area (Å²) in [5.41, 5.74) is 2.78. The van der Waals surface area contributed by atoms with Crippen LogP contribution in [0, 0.1) is 0 Å². The van der Waals surface area contributed by atoms with Crippen LogP contribution < -0.4 is 14.9 Å². The van der Waals surface area contributed by atoms with Crippen LogP contribution in [0.15, 0.2) is 42.5 Å². The van der Waals surface area contributed by atoms with E-state index in [4.69, 9.17) is 0 Å². The van der Waals surface area contributed by atoms with Crippen molar-refractivity contribution in [1.82, 2.24) is 0 Å². The number of benzene rings is 2. The quantitative estimate of drug-likeness (QED) is 0.689. The molecule has 0 fully saturated rings. The predicted octanol–water partition coefficient (Wildman–Crippen LogP) is 3.05. The van der Waals surface area contributed by atoms with Crippen LogP contribution in [-0.2, 0) is 14.8 Å². The number of hydrogen-bond donors (Lipinski definition) is 3. The first-order valence-electron chi connectivity index (χ1n) is 9.06. The number of rotatable bonds is 5. The Bertz CT molecular complexity index is 1050. The molecule has 2 unspecified atom stereocenters. The van der Waals surface area contributed by atoms with E-state index in [1.165, 1.54) is 13.0 Å². The molecular weight excluding hydrogens is 394 g/mol. The van der Waals surface area contributed by atoms with Gasteiger partial charge in [0.2, 0.25) is 15.9 Å². The number of sulfonamides is 1. The number of nitrogens with one attached hydrogen (secondary N) is 2. The normalized spacial score (nSPS) is 18.7. The van der Waals surface area contributed by atoms with Crippen molar-refractivity contribution in [2.75, 3.05) is 21.2 Å². The van der Waals surface area contributed by atoms with E-state index in [0.717, 1.165) is 17.5 Å². The highest BCUT2D eigenvalue weighted by Crippen LogP contribution is 2.39. The number of carboxylic acid groups (broad SMARTS) is 1. The van der Waals surface area contributed by atoms with Gasteiger partial charge in [-0.05, 0) is 61.4 Å². The number of carbonyl (C=O) groups excluding carboxylic acids is 1. The maximum absolute atomic E-state index is 12.1. The maximum atomic E-state index is 12.1. The minimum absolute atomic E-state index is 0.0700. The van der Waals surface area contributed by atoms with Gasteiger partial charge in [0.25, 0.3) is 0 Å². The molecule has 0 spiro atoms. The Kier molecular flexibility index (Phi) is 5.52.